The Labute approximate surface area is 245 Å². The molecule has 5 aromatic rings. The third-order valence-corrected chi connectivity index (χ3v) is 7.73. The van der Waals surface area contributed by atoms with Gasteiger partial charge >= 0.3 is 12.2 Å². The molecule has 43 heavy (non-hydrogen) atoms. The Morgan fingerprint density at radius 1 is 1.07 bits per heavy atom. The Morgan fingerprint density at radius 3 is 2.63 bits per heavy atom. The van der Waals surface area contributed by atoms with Crippen LogP contribution in [-0.2, 0) is 12.7 Å². The molecule has 2 aromatic heterocycles. The number of fused-ring (bicyclic) bond motifs is 2. The van der Waals surface area contributed by atoms with Gasteiger partial charge in [-0.05, 0) is 56.0 Å². The van der Waals surface area contributed by atoms with Crippen molar-refractivity contribution in [3.63, 3.8) is 0 Å². The van der Waals surface area contributed by atoms with Crippen LogP contribution in [0.15, 0.2) is 66.9 Å². The summed E-state index contributed by atoms with van der Waals surface area (Å²) in [6, 6.07) is 15.1. The number of aryl methyl sites for hydroxylation is 1. The number of amides is 2. The molecule has 0 radical (unpaired) electrons. The fourth-order valence-electron chi connectivity index (χ4n) is 5.82. The molecule has 1 atom stereocenters. The molecular formula is C31H31F3N8O. The predicted octanol–water partition coefficient (Wildman–Crippen LogP) is 6.03. The molecule has 0 aliphatic carbocycles. The van der Waals surface area contributed by atoms with Gasteiger partial charge in [0.2, 0.25) is 0 Å². The van der Waals surface area contributed by atoms with Crippen molar-refractivity contribution >= 4 is 39.5 Å². The van der Waals surface area contributed by atoms with Crippen molar-refractivity contribution in [1.29, 1.82) is 0 Å². The summed E-state index contributed by atoms with van der Waals surface area (Å²) in [5.41, 5.74) is 15.4. The SMILES string of the molecule is Cc1nc(-c2ccc(NC(=O)Nc3cccc(C(F)(F)F)c3)c3ccccc23)c2c(N)ncc(CN3CCC[C@@H](N)C3)n12. The molecule has 9 nitrogen and oxygen atoms in total. The zero-order valence-electron chi connectivity index (χ0n) is 23.4. The number of aromatic nitrogens is 3. The summed E-state index contributed by atoms with van der Waals surface area (Å²) in [6.07, 6.45) is -0.665. The third kappa shape index (κ3) is 5.71. The van der Waals surface area contributed by atoms with Crippen molar-refractivity contribution in [3.05, 3.63) is 83.9 Å². The lowest BCUT2D eigenvalue weighted by molar-refractivity contribution is -0.137. The number of carbonyl (C=O) groups is 1. The lowest BCUT2D eigenvalue weighted by Crippen LogP contribution is -2.42. The van der Waals surface area contributed by atoms with Crippen molar-refractivity contribution in [2.24, 2.45) is 5.73 Å². The number of benzene rings is 3. The number of halogens is 3. The van der Waals surface area contributed by atoms with E-state index in [-0.39, 0.29) is 11.7 Å². The van der Waals surface area contributed by atoms with Crippen molar-refractivity contribution in [3.8, 4) is 11.3 Å². The monoisotopic (exact) mass is 588 g/mol. The Morgan fingerprint density at radius 2 is 1.86 bits per heavy atom. The largest absolute Gasteiger partial charge is 0.416 e. The molecule has 3 aromatic carbocycles. The highest BCUT2D eigenvalue weighted by Gasteiger charge is 2.30. The maximum atomic E-state index is 13.1. The fourth-order valence-corrected chi connectivity index (χ4v) is 5.82. The summed E-state index contributed by atoms with van der Waals surface area (Å²) < 4.78 is 41.4. The van der Waals surface area contributed by atoms with Crippen LogP contribution in [0, 0.1) is 6.92 Å². The zero-order valence-corrected chi connectivity index (χ0v) is 23.4. The number of alkyl halides is 3. The van der Waals surface area contributed by atoms with Crippen LogP contribution in [0.5, 0.6) is 0 Å². The number of nitrogens with two attached hydrogens (primary N) is 2. The second-order valence-electron chi connectivity index (χ2n) is 10.8. The molecule has 3 heterocycles. The maximum Gasteiger partial charge on any atom is 0.416 e. The number of urea groups is 1. The molecular weight excluding hydrogens is 557 g/mol. The van der Waals surface area contributed by atoms with E-state index in [1.165, 1.54) is 12.1 Å². The van der Waals surface area contributed by atoms with Gasteiger partial charge in [-0.15, -0.1) is 0 Å². The number of hydrogen-bond acceptors (Lipinski definition) is 6. The number of nitrogens with zero attached hydrogens (tertiary/aromatic N) is 4. The molecule has 6 rings (SSSR count). The average molecular weight is 589 g/mol. The first-order valence-electron chi connectivity index (χ1n) is 14.0. The smallest absolute Gasteiger partial charge is 0.382 e. The van der Waals surface area contributed by atoms with Crippen LogP contribution in [0.1, 0.15) is 29.9 Å². The second kappa shape index (κ2) is 11.2. The first kappa shape index (κ1) is 28.4. The number of nitrogen functional groups attached to an aromatic ring is 1. The van der Waals surface area contributed by atoms with Crippen LogP contribution in [0.25, 0.3) is 27.5 Å². The molecule has 222 valence electrons. The summed E-state index contributed by atoms with van der Waals surface area (Å²) in [5.74, 6) is 1.11. The molecule has 1 aliphatic rings. The summed E-state index contributed by atoms with van der Waals surface area (Å²) in [5, 5.41) is 6.80. The van der Waals surface area contributed by atoms with Crippen LogP contribution in [0.3, 0.4) is 0 Å². The molecule has 0 bridgehead atoms. The molecule has 0 saturated carbocycles. The summed E-state index contributed by atoms with van der Waals surface area (Å²) >= 11 is 0. The Hall–Kier alpha value is -4.68. The van der Waals surface area contributed by atoms with Gasteiger partial charge in [0.25, 0.3) is 0 Å². The minimum atomic E-state index is -4.52. The van der Waals surface area contributed by atoms with Gasteiger partial charge in [0.1, 0.15) is 22.9 Å². The van der Waals surface area contributed by atoms with Gasteiger partial charge in [-0.2, -0.15) is 13.2 Å². The highest BCUT2D eigenvalue weighted by molar-refractivity contribution is 6.10. The normalized spacial score (nSPS) is 16.1. The molecule has 2 amide bonds. The Kier molecular flexibility index (Phi) is 7.40. The van der Waals surface area contributed by atoms with E-state index in [0.29, 0.717) is 29.3 Å². The molecule has 0 spiro atoms. The number of carbonyl (C=O) groups excluding carboxylic acids is 1. The molecule has 1 aliphatic heterocycles. The average Bonchev–Trinajstić information content (AvgIpc) is 3.32. The van der Waals surface area contributed by atoms with E-state index in [2.05, 4.69) is 20.5 Å². The lowest BCUT2D eigenvalue weighted by atomic mass is 10.00. The van der Waals surface area contributed by atoms with E-state index in [1.807, 2.05) is 41.7 Å². The van der Waals surface area contributed by atoms with Crippen LogP contribution < -0.4 is 22.1 Å². The number of imidazole rings is 1. The van der Waals surface area contributed by atoms with Gasteiger partial charge in [0, 0.05) is 35.8 Å². The fraction of sp³-hybridized carbons (Fsp3) is 0.258. The first-order valence-corrected chi connectivity index (χ1v) is 14.0. The number of rotatable bonds is 5. The minimum absolute atomic E-state index is 0.0264. The van der Waals surface area contributed by atoms with Gasteiger partial charge in [-0.25, -0.2) is 14.8 Å². The summed E-state index contributed by atoms with van der Waals surface area (Å²) in [4.78, 5) is 24.6. The Balaban J connectivity index is 1.34. The summed E-state index contributed by atoms with van der Waals surface area (Å²) in [7, 11) is 0. The third-order valence-electron chi connectivity index (χ3n) is 7.73. The molecule has 0 unspecified atom stereocenters. The molecule has 1 fully saturated rings. The predicted molar refractivity (Wildman–Crippen MR) is 162 cm³/mol. The van der Waals surface area contributed by atoms with Gasteiger partial charge in [-0.3, -0.25) is 9.30 Å². The van der Waals surface area contributed by atoms with Crippen LogP contribution >= 0.6 is 0 Å². The van der Waals surface area contributed by atoms with Gasteiger partial charge in [0.15, 0.2) is 0 Å². The van der Waals surface area contributed by atoms with Gasteiger partial charge < -0.3 is 22.1 Å². The molecule has 6 N–H and O–H groups in total. The lowest BCUT2D eigenvalue weighted by Gasteiger charge is -2.30. The van der Waals surface area contributed by atoms with E-state index in [1.54, 1.807) is 12.3 Å². The Bertz CT molecular complexity index is 1830. The number of piperidine rings is 1. The molecule has 1 saturated heterocycles. The van der Waals surface area contributed by atoms with Gasteiger partial charge in [0.05, 0.1) is 23.1 Å². The highest BCUT2D eigenvalue weighted by Crippen LogP contribution is 2.37. The summed E-state index contributed by atoms with van der Waals surface area (Å²) in [6.45, 7) is 4.36. The first-order chi connectivity index (χ1) is 20.6. The van der Waals surface area contributed by atoms with E-state index in [4.69, 9.17) is 16.5 Å². The quantitative estimate of drug-likeness (QED) is 0.199. The van der Waals surface area contributed by atoms with Gasteiger partial charge in [-0.1, -0.05) is 36.4 Å². The van der Waals surface area contributed by atoms with Crippen LogP contribution in [0.4, 0.5) is 35.2 Å². The number of hydrogen-bond donors (Lipinski definition) is 4. The number of anilines is 3. The second-order valence-corrected chi connectivity index (χ2v) is 10.8. The standard InChI is InChI=1S/C31H31F3N8O/c1-18-38-27(28-29(36)37-15-22(42(18)28)17-41-13-5-7-20(35)16-41)25-11-12-26(24-10-3-2-9-23(24)25)40-30(43)39-21-8-4-6-19(14-21)31(32,33)34/h2-4,6,8-12,14-15,20H,5,7,13,16-17,35H2,1H3,(H2,36,37)(H2,39,40,43)/t20-/m1/s1. The van der Waals surface area contributed by atoms with E-state index in [0.717, 1.165) is 65.9 Å². The topological polar surface area (TPSA) is 127 Å². The van der Waals surface area contributed by atoms with Crippen molar-refractivity contribution in [2.45, 2.75) is 38.5 Å². The maximum absolute atomic E-state index is 13.1. The van der Waals surface area contributed by atoms with Crippen LogP contribution in [-0.4, -0.2) is 44.4 Å². The van der Waals surface area contributed by atoms with E-state index < -0.39 is 17.8 Å². The van der Waals surface area contributed by atoms with E-state index >= 15 is 0 Å². The zero-order chi connectivity index (χ0) is 30.3. The minimum Gasteiger partial charge on any atom is -0.382 e. The van der Waals surface area contributed by atoms with Crippen molar-refractivity contribution in [1.82, 2.24) is 19.3 Å². The molecule has 12 heteroatoms. The van der Waals surface area contributed by atoms with E-state index in [9.17, 15) is 18.0 Å². The van der Waals surface area contributed by atoms with Crippen molar-refractivity contribution < 1.29 is 18.0 Å². The number of likely N-dealkylation sites (tertiary alicyclic amines) is 1. The highest BCUT2D eigenvalue weighted by atomic mass is 19.4. The van der Waals surface area contributed by atoms with Crippen molar-refractivity contribution in [2.75, 3.05) is 29.5 Å². The number of nitrogens with one attached hydrogen (secondary N) is 2. The van der Waals surface area contributed by atoms with Crippen LogP contribution in [0.2, 0.25) is 0 Å².